The number of benzene rings is 2. The lowest BCUT2D eigenvalue weighted by molar-refractivity contribution is -0.121. The Morgan fingerprint density at radius 2 is 1.71 bits per heavy atom. The second-order valence-corrected chi connectivity index (χ2v) is 8.90. The highest BCUT2D eigenvalue weighted by molar-refractivity contribution is 7.89. The molecule has 0 aliphatic carbocycles. The van der Waals surface area contributed by atoms with Crippen molar-refractivity contribution in [2.75, 3.05) is 31.5 Å². The molecule has 1 heterocycles. The zero-order chi connectivity index (χ0) is 22.6. The van der Waals surface area contributed by atoms with Crippen LogP contribution in [-0.4, -0.2) is 62.4 Å². The molecule has 1 saturated heterocycles. The number of nitrogens with one attached hydrogen (secondary N) is 1. The van der Waals surface area contributed by atoms with Crippen molar-refractivity contribution in [1.82, 2.24) is 9.21 Å². The molecule has 31 heavy (non-hydrogen) atoms. The predicted octanol–water partition coefficient (Wildman–Crippen LogP) is 2.76. The number of hydrogen-bond donors (Lipinski definition) is 1. The van der Waals surface area contributed by atoms with E-state index in [0.29, 0.717) is 18.8 Å². The molecule has 11 heteroatoms. The fourth-order valence-electron chi connectivity index (χ4n) is 3.24. The molecule has 1 unspecified atom stereocenters. The molecule has 0 spiro atoms. The molecule has 3 rings (SSSR count). The number of hydrogen-bond acceptors (Lipinski definition) is 5. The molecule has 1 amide bonds. The molecule has 7 nitrogen and oxygen atoms in total. The van der Waals surface area contributed by atoms with Gasteiger partial charge in [0.25, 0.3) is 0 Å². The summed E-state index contributed by atoms with van der Waals surface area (Å²) < 4.78 is 68.7. The van der Waals surface area contributed by atoms with Crippen LogP contribution in [0.2, 0.25) is 0 Å². The van der Waals surface area contributed by atoms with Crippen LogP contribution in [0.1, 0.15) is 6.92 Å². The number of nitrogens with zero attached hydrogens (tertiary/aromatic N) is 2. The molecule has 1 aliphatic rings. The second-order valence-electron chi connectivity index (χ2n) is 6.97. The molecule has 0 aromatic heterocycles. The van der Waals surface area contributed by atoms with Gasteiger partial charge in [-0.3, -0.25) is 9.69 Å². The lowest BCUT2D eigenvalue weighted by atomic mass is 10.2. The van der Waals surface area contributed by atoms with Crippen LogP contribution in [0.4, 0.5) is 18.9 Å². The largest absolute Gasteiger partial charge is 0.435 e. The van der Waals surface area contributed by atoms with Gasteiger partial charge in [-0.1, -0.05) is 6.07 Å². The number of sulfonamides is 1. The summed E-state index contributed by atoms with van der Waals surface area (Å²) in [6.45, 7) is -0.259. The highest BCUT2D eigenvalue weighted by atomic mass is 32.2. The molecule has 0 saturated carbocycles. The number of amides is 1. The number of carbonyl (C=O) groups is 1. The normalized spacial score (nSPS) is 16.8. The fraction of sp³-hybridized carbons (Fsp3) is 0.350. The van der Waals surface area contributed by atoms with E-state index in [1.807, 2.05) is 4.90 Å². The summed E-state index contributed by atoms with van der Waals surface area (Å²) in [5.41, 5.74) is 0.422. The fourth-order valence-corrected chi connectivity index (χ4v) is 4.69. The minimum Gasteiger partial charge on any atom is -0.435 e. The highest BCUT2D eigenvalue weighted by Crippen LogP contribution is 2.21. The Hall–Kier alpha value is -2.63. The molecule has 168 valence electrons. The minimum atomic E-state index is -3.81. The first kappa shape index (κ1) is 23.0. The van der Waals surface area contributed by atoms with Crippen molar-refractivity contribution < 1.29 is 31.1 Å². The van der Waals surface area contributed by atoms with E-state index in [0.717, 1.165) is 6.07 Å². The second kappa shape index (κ2) is 9.67. The average molecular weight is 457 g/mol. The van der Waals surface area contributed by atoms with Crippen LogP contribution >= 0.6 is 0 Å². The van der Waals surface area contributed by atoms with Crippen LogP contribution in [0.3, 0.4) is 0 Å². The molecule has 0 bridgehead atoms. The monoisotopic (exact) mass is 457 g/mol. The molecule has 1 fully saturated rings. The smallest absolute Gasteiger partial charge is 0.387 e. The van der Waals surface area contributed by atoms with Gasteiger partial charge in [-0.15, -0.1) is 0 Å². The van der Waals surface area contributed by atoms with Gasteiger partial charge < -0.3 is 10.1 Å². The van der Waals surface area contributed by atoms with Crippen molar-refractivity contribution in [2.45, 2.75) is 24.5 Å². The van der Waals surface area contributed by atoms with Crippen molar-refractivity contribution in [3.8, 4) is 5.75 Å². The first-order chi connectivity index (χ1) is 14.7. The van der Waals surface area contributed by atoms with Crippen LogP contribution in [0.15, 0.2) is 53.4 Å². The lowest BCUT2D eigenvalue weighted by Crippen LogP contribution is -2.53. The summed E-state index contributed by atoms with van der Waals surface area (Å²) in [6, 6.07) is 9.85. The van der Waals surface area contributed by atoms with E-state index in [2.05, 4.69) is 10.1 Å². The van der Waals surface area contributed by atoms with Crippen molar-refractivity contribution in [2.24, 2.45) is 0 Å². The maximum atomic E-state index is 13.4. The number of ether oxygens (including phenoxy) is 1. The lowest BCUT2D eigenvalue weighted by Gasteiger charge is -2.36. The van der Waals surface area contributed by atoms with Crippen LogP contribution in [0, 0.1) is 5.82 Å². The third-order valence-electron chi connectivity index (χ3n) is 4.98. The Labute approximate surface area is 178 Å². The van der Waals surface area contributed by atoms with Crippen molar-refractivity contribution in [3.05, 3.63) is 54.3 Å². The van der Waals surface area contributed by atoms with Gasteiger partial charge in [-0.25, -0.2) is 12.8 Å². The van der Waals surface area contributed by atoms with Crippen LogP contribution in [-0.2, 0) is 14.8 Å². The molecule has 2 aromatic rings. The van der Waals surface area contributed by atoms with Crippen LogP contribution in [0.5, 0.6) is 5.75 Å². The van der Waals surface area contributed by atoms with Gasteiger partial charge in [0.1, 0.15) is 11.6 Å². The van der Waals surface area contributed by atoms with Gasteiger partial charge in [0.15, 0.2) is 0 Å². The maximum absolute atomic E-state index is 13.4. The average Bonchev–Trinajstić information content (AvgIpc) is 2.74. The maximum Gasteiger partial charge on any atom is 0.387 e. The molecular weight excluding hydrogens is 435 g/mol. The van der Waals surface area contributed by atoms with Gasteiger partial charge >= 0.3 is 6.61 Å². The highest BCUT2D eigenvalue weighted by Gasteiger charge is 2.32. The molecule has 1 N–H and O–H groups in total. The zero-order valence-electron chi connectivity index (χ0n) is 16.7. The minimum absolute atomic E-state index is 0.0170. The quantitative estimate of drug-likeness (QED) is 0.692. The standard InChI is InChI=1S/C20H22F3N3O4S/c1-14(19(27)24-16-5-7-17(8-6-16)30-20(22)23)25-9-11-26(12-10-25)31(28,29)18-4-2-3-15(21)13-18/h2-8,13-14,20H,9-12H2,1H3,(H,24,27). The third kappa shape index (κ3) is 5.75. The van der Waals surface area contributed by atoms with E-state index in [4.69, 9.17) is 0 Å². The predicted molar refractivity (Wildman–Crippen MR) is 108 cm³/mol. The molecule has 2 aromatic carbocycles. The number of carbonyl (C=O) groups excluding carboxylic acids is 1. The van der Waals surface area contributed by atoms with E-state index >= 15 is 0 Å². The van der Waals surface area contributed by atoms with Gasteiger partial charge in [0.2, 0.25) is 15.9 Å². The van der Waals surface area contributed by atoms with Crippen molar-refractivity contribution in [3.63, 3.8) is 0 Å². The molecule has 0 radical (unpaired) electrons. The van der Waals surface area contributed by atoms with Crippen molar-refractivity contribution in [1.29, 1.82) is 0 Å². The summed E-state index contributed by atoms with van der Waals surface area (Å²) in [5, 5.41) is 2.70. The number of anilines is 1. The first-order valence-corrected chi connectivity index (χ1v) is 11.0. The van der Waals surface area contributed by atoms with Gasteiger partial charge in [-0.05, 0) is 49.4 Å². The first-order valence-electron chi connectivity index (χ1n) is 9.52. The summed E-state index contributed by atoms with van der Waals surface area (Å²) in [6.07, 6.45) is 0. The Morgan fingerprint density at radius 1 is 1.06 bits per heavy atom. The Morgan fingerprint density at radius 3 is 2.29 bits per heavy atom. The Bertz CT molecular complexity index is 1010. The SMILES string of the molecule is CC(C(=O)Nc1ccc(OC(F)F)cc1)N1CCN(S(=O)(=O)c2cccc(F)c2)CC1. The zero-order valence-corrected chi connectivity index (χ0v) is 17.5. The van der Waals surface area contributed by atoms with E-state index in [1.54, 1.807) is 6.92 Å². The van der Waals surface area contributed by atoms with Crippen LogP contribution < -0.4 is 10.1 Å². The number of alkyl halides is 2. The molecular formula is C20H22F3N3O4S. The number of piperazine rings is 1. The molecule has 1 aliphatic heterocycles. The summed E-state index contributed by atoms with van der Waals surface area (Å²) >= 11 is 0. The van der Waals surface area contributed by atoms with E-state index in [-0.39, 0.29) is 29.6 Å². The number of halogens is 3. The topological polar surface area (TPSA) is 79.0 Å². The van der Waals surface area contributed by atoms with E-state index < -0.39 is 28.5 Å². The summed E-state index contributed by atoms with van der Waals surface area (Å²) in [7, 11) is -3.81. The third-order valence-corrected chi connectivity index (χ3v) is 6.88. The summed E-state index contributed by atoms with van der Waals surface area (Å²) in [4.78, 5) is 14.3. The molecule has 1 atom stereocenters. The number of rotatable bonds is 7. The van der Waals surface area contributed by atoms with Crippen molar-refractivity contribution >= 4 is 21.6 Å². The van der Waals surface area contributed by atoms with Gasteiger partial charge in [0.05, 0.1) is 10.9 Å². The van der Waals surface area contributed by atoms with Gasteiger partial charge in [-0.2, -0.15) is 13.1 Å². The summed E-state index contributed by atoms with van der Waals surface area (Å²) in [5.74, 6) is -0.959. The Balaban J connectivity index is 1.56. The van der Waals surface area contributed by atoms with Crippen LogP contribution in [0.25, 0.3) is 0 Å². The van der Waals surface area contributed by atoms with E-state index in [9.17, 15) is 26.4 Å². The van der Waals surface area contributed by atoms with Gasteiger partial charge in [0, 0.05) is 31.9 Å². The van der Waals surface area contributed by atoms with E-state index in [1.165, 1.54) is 46.8 Å². The Kier molecular flexibility index (Phi) is 7.19.